The highest BCUT2D eigenvalue weighted by Gasteiger charge is 2.22. The lowest BCUT2D eigenvalue weighted by Crippen LogP contribution is -2.39. The number of nitrogens with one attached hydrogen (secondary N) is 1. The van der Waals surface area contributed by atoms with Crippen LogP contribution in [0.4, 0.5) is 5.69 Å². The summed E-state index contributed by atoms with van der Waals surface area (Å²) in [7, 11) is 2.01. The summed E-state index contributed by atoms with van der Waals surface area (Å²) in [5.74, 6) is 0.684. The van der Waals surface area contributed by atoms with Gasteiger partial charge in [-0.3, -0.25) is 0 Å². The molecule has 19 heavy (non-hydrogen) atoms. The van der Waals surface area contributed by atoms with Crippen molar-refractivity contribution in [1.82, 2.24) is 5.32 Å². The monoisotopic (exact) mass is 275 g/mol. The molecule has 0 aliphatic carbocycles. The standard InChI is InChI=1S/C15H21N3S/c1-17-10-12-5-4-8-18(11-12)14-6-3-7-15(19-2)13(14)9-16/h3,6-7,12,17H,4-5,8,10-11H2,1-2H3. The van der Waals surface area contributed by atoms with E-state index in [-0.39, 0.29) is 0 Å². The smallest absolute Gasteiger partial charge is 0.103 e. The highest BCUT2D eigenvalue weighted by Crippen LogP contribution is 2.31. The Bertz CT molecular complexity index is 465. The summed E-state index contributed by atoms with van der Waals surface area (Å²) in [6.07, 6.45) is 4.52. The molecule has 0 saturated carbocycles. The molecule has 1 fully saturated rings. The van der Waals surface area contributed by atoms with Crippen LogP contribution >= 0.6 is 11.8 Å². The van der Waals surface area contributed by atoms with E-state index >= 15 is 0 Å². The number of nitrogens with zero attached hydrogens (tertiary/aromatic N) is 2. The minimum atomic E-state index is 0.684. The minimum Gasteiger partial charge on any atom is -0.370 e. The fourth-order valence-electron chi connectivity index (χ4n) is 2.80. The molecule has 0 bridgehead atoms. The molecule has 1 N–H and O–H groups in total. The molecule has 1 aromatic rings. The summed E-state index contributed by atoms with van der Waals surface area (Å²) >= 11 is 1.65. The van der Waals surface area contributed by atoms with E-state index in [0.29, 0.717) is 5.92 Å². The zero-order valence-corrected chi connectivity index (χ0v) is 12.5. The average molecular weight is 275 g/mol. The summed E-state index contributed by atoms with van der Waals surface area (Å²) in [6.45, 7) is 3.17. The van der Waals surface area contributed by atoms with Crippen LogP contribution in [0, 0.1) is 17.2 Å². The molecule has 2 rings (SSSR count). The molecule has 0 radical (unpaired) electrons. The molecule has 0 amide bonds. The lowest BCUT2D eigenvalue weighted by atomic mass is 9.97. The number of hydrogen-bond donors (Lipinski definition) is 1. The number of nitriles is 1. The van der Waals surface area contributed by atoms with Crippen LogP contribution in [-0.4, -0.2) is 32.9 Å². The number of benzene rings is 1. The van der Waals surface area contributed by atoms with Crippen LogP contribution in [0.2, 0.25) is 0 Å². The molecule has 0 aromatic heterocycles. The zero-order chi connectivity index (χ0) is 13.7. The lowest BCUT2D eigenvalue weighted by Gasteiger charge is -2.35. The van der Waals surface area contributed by atoms with Crippen LogP contribution in [0.15, 0.2) is 23.1 Å². The third kappa shape index (κ3) is 3.23. The van der Waals surface area contributed by atoms with Crippen LogP contribution in [0.5, 0.6) is 0 Å². The van der Waals surface area contributed by atoms with Gasteiger partial charge >= 0.3 is 0 Å². The highest BCUT2D eigenvalue weighted by atomic mass is 32.2. The first kappa shape index (κ1) is 14.2. The van der Waals surface area contributed by atoms with Gasteiger partial charge in [0.05, 0.1) is 11.3 Å². The molecule has 3 nitrogen and oxygen atoms in total. The van der Waals surface area contributed by atoms with Gasteiger partial charge in [0.2, 0.25) is 0 Å². The maximum atomic E-state index is 9.43. The summed E-state index contributed by atoms with van der Waals surface area (Å²) in [4.78, 5) is 3.46. The molecular formula is C15H21N3S. The highest BCUT2D eigenvalue weighted by molar-refractivity contribution is 7.98. The maximum absolute atomic E-state index is 9.43. The van der Waals surface area contributed by atoms with E-state index in [0.717, 1.165) is 35.8 Å². The van der Waals surface area contributed by atoms with Crippen molar-refractivity contribution in [2.75, 3.05) is 37.8 Å². The third-order valence-corrected chi connectivity index (χ3v) is 4.47. The topological polar surface area (TPSA) is 39.1 Å². The van der Waals surface area contributed by atoms with E-state index in [2.05, 4.69) is 28.4 Å². The van der Waals surface area contributed by atoms with Crippen molar-refractivity contribution in [3.63, 3.8) is 0 Å². The molecule has 1 atom stereocenters. The van der Waals surface area contributed by atoms with Gasteiger partial charge in [0.15, 0.2) is 0 Å². The third-order valence-electron chi connectivity index (χ3n) is 3.69. The van der Waals surface area contributed by atoms with Crippen molar-refractivity contribution >= 4 is 17.4 Å². The van der Waals surface area contributed by atoms with Crippen LogP contribution in [0.1, 0.15) is 18.4 Å². The van der Waals surface area contributed by atoms with Gasteiger partial charge in [-0.15, -0.1) is 11.8 Å². The quantitative estimate of drug-likeness (QED) is 0.858. The molecule has 1 aromatic carbocycles. The number of rotatable bonds is 4. The predicted octanol–water partition coefficient (Wildman–Crippen LogP) is 2.72. The Balaban J connectivity index is 2.24. The zero-order valence-electron chi connectivity index (χ0n) is 11.6. The largest absolute Gasteiger partial charge is 0.370 e. The number of thioether (sulfide) groups is 1. The second-order valence-corrected chi connectivity index (χ2v) is 5.83. The summed E-state index contributed by atoms with van der Waals surface area (Å²) in [5.41, 5.74) is 1.94. The molecule has 0 spiro atoms. The Morgan fingerprint density at radius 1 is 1.53 bits per heavy atom. The molecular weight excluding hydrogens is 254 g/mol. The van der Waals surface area contributed by atoms with Crippen molar-refractivity contribution in [2.45, 2.75) is 17.7 Å². The predicted molar refractivity (Wildman–Crippen MR) is 81.8 cm³/mol. The van der Waals surface area contributed by atoms with Crippen molar-refractivity contribution in [3.05, 3.63) is 23.8 Å². The van der Waals surface area contributed by atoms with Crippen molar-refractivity contribution in [3.8, 4) is 6.07 Å². The lowest BCUT2D eigenvalue weighted by molar-refractivity contribution is 0.402. The van der Waals surface area contributed by atoms with Crippen LogP contribution in [0.25, 0.3) is 0 Å². The SMILES string of the molecule is CNCC1CCCN(c2cccc(SC)c2C#N)C1. The van der Waals surface area contributed by atoms with Gasteiger partial charge in [0.1, 0.15) is 6.07 Å². The van der Waals surface area contributed by atoms with Crippen LogP contribution in [0.3, 0.4) is 0 Å². The van der Waals surface area contributed by atoms with E-state index in [1.165, 1.54) is 12.8 Å². The molecule has 1 saturated heterocycles. The molecule has 1 aliphatic rings. The van der Waals surface area contributed by atoms with Gasteiger partial charge in [-0.25, -0.2) is 0 Å². The van der Waals surface area contributed by atoms with E-state index < -0.39 is 0 Å². The number of anilines is 1. The van der Waals surface area contributed by atoms with E-state index in [9.17, 15) is 5.26 Å². The van der Waals surface area contributed by atoms with Gasteiger partial charge < -0.3 is 10.2 Å². The Hall–Kier alpha value is -1.18. The molecule has 4 heteroatoms. The van der Waals surface area contributed by atoms with Gasteiger partial charge in [-0.05, 0) is 50.7 Å². The van der Waals surface area contributed by atoms with E-state index in [1.807, 2.05) is 19.4 Å². The fourth-order valence-corrected chi connectivity index (χ4v) is 3.37. The van der Waals surface area contributed by atoms with Crippen molar-refractivity contribution in [2.24, 2.45) is 5.92 Å². The first-order chi connectivity index (χ1) is 9.30. The second-order valence-electron chi connectivity index (χ2n) is 4.98. The Labute approximate surface area is 120 Å². The number of hydrogen-bond acceptors (Lipinski definition) is 4. The normalized spacial score (nSPS) is 19.2. The van der Waals surface area contributed by atoms with Crippen molar-refractivity contribution < 1.29 is 0 Å². The first-order valence-electron chi connectivity index (χ1n) is 6.76. The van der Waals surface area contributed by atoms with Crippen LogP contribution in [-0.2, 0) is 0 Å². The summed E-state index contributed by atoms with van der Waals surface area (Å²) < 4.78 is 0. The first-order valence-corrected chi connectivity index (χ1v) is 7.99. The molecule has 1 heterocycles. The van der Waals surface area contributed by atoms with Crippen LogP contribution < -0.4 is 10.2 Å². The number of piperidine rings is 1. The maximum Gasteiger partial charge on any atom is 0.103 e. The minimum absolute atomic E-state index is 0.684. The van der Waals surface area contributed by atoms with Gasteiger partial charge in [-0.1, -0.05) is 6.07 Å². The van der Waals surface area contributed by atoms with E-state index in [4.69, 9.17) is 0 Å². The molecule has 1 aliphatic heterocycles. The van der Waals surface area contributed by atoms with Gasteiger partial charge in [-0.2, -0.15) is 5.26 Å². The molecule has 1 unspecified atom stereocenters. The summed E-state index contributed by atoms with van der Waals surface area (Å²) in [5, 5.41) is 12.7. The fraction of sp³-hybridized carbons (Fsp3) is 0.533. The Morgan fingerprint density at radius 2 is 2.37 bits per heavy atom. The van der Waals surface area contributed by atoms with Gasteiger partial charge in [0.25, 0.3) is 0 Å². The Morgan fingerprint density at radius 3 is 3.05 bits per heavy atom. The van der Waals surface area contributed by atoms with Crippen molar-refractivity contribution in [1.29, 1.82) is 5.26 Å². The van der Waals surface area contributed by atoms with Gasteiger partial charge in [0, 0.05) is 18.0 Å². The Kier molecular flexibility index (Phi) is 5.12. The van der Waals surface area contributed by atoms with E-state index in [1.54, 1.807) is 11.8 Å². The molecule has 102 valence electrons. The second kappa shape index (κ2) is 6.83. The average Bonchev–Trinajstić information content (AvgIpc) is 2.47. The summed E-state index contributed by atoms with van der Waals surface area (Å²) in [6, 6.07) is 8.55.